The molecule has 0 saturated carbocycles. The lowest BCUT2D eigenvalue weighted by Gasteiger charge is -2.11. The molecule has 4 rings (SSSR count). The minimum atomic E-state index is -0.142. The van der Waals surface area contributed by atoms with E-state index in [4.69, 9.17) is 9.15 Å². The van der Waals surface area contributed by atoms with Gasteiger partial charge in [-0.1, -0.05) is 18.2 Å². The molecule has 0 unspecified atom stereocenters. The number of carbonyl (C=O) groups is 1. The molecule has 0 fully saturated rings. The highest BCUT2D eigenvalue weighted by Crippen LogP contribution is 2.36. The molecule has 1 N–H and O–H groups in total. The summed E-state index contributed by atoms with van der Waals surface area (Å²) in [7, 11) is 5.55. The zero-order valence-corrected chi connectivity index (χ0v) is 16.1. The van der Waals surface area contributed by atoms with Crippen LogP contribution in [0.25, 0.3) is 21.9 Å². The Labute approximate surface area is 162 Å². The van der Waals surface area contributed by atoms with Crippen LogP contribution in [-0.2, 0) is 11.3 Å². The van der Waals surface area contributed by atoms with Crippen LogP contribution in [0.4, 0.5) is 11.4 Å². The van der Waals surface area contributed by atoms with Crippen molar-refractivity contribution in [2.24, 2.45) is 0 Å². The SMILES string of the molecule is COc1cc2c(cc1NC(=O)C[n+]1ccc(N(C)C)cc1)oc1ccccc12. The highest BCUT2D eigenvalue weighted by atomic mass is 16.5. The van der Waals surface area contributed by atoms with E-state index in [0.29, 0.717) is 17.0 Å². The topological polar surface area (TPSA) is 58.6 Å². The van der Waals surface area contributed by atoms with Gasteiger partial charge in [0.25, 0.3) is 5.91 Å². The van der Waals surface area contributed by atoms with Gasteiger partial charge in [-0.2, -0.15) is 4.57 Å². The van der Waals surface area contributed by atoms with Crippen molar-refractivity contribution in [3.8, 4) is 5.75 Å². The van der Waals surface area contributed by atoms with Gasteiger partial charge in [0, 0.05) is 48.8 Å². The monoisotopic (exact) mass is 376 g/mol. The first-order valence-electron chi connectivity index (χ1n) is 9.01. The van der Waals surface area contributed by atoms with E-state index in [9.17, 15) is 4.79 Å². The number of fused-ring (bicyclic) bond motifs is 3. The second kappa shape index (κ2) is 7.23. The van der Waals surface area contributed by atoms with Gasteiger partial charge < -0.3 is 19.4 Å². The number of nitrogens with one attached hydrogen (secondary N) is 1. The van der Waals surface area contributed by atoms with E-state index in [1.165, 1.54) is 0 Å². The van der Waals surface area contributed by atoms with Gasteiger partial charge in [-0.15, -0.1) is 0 Å². The molecule has 2 heterocycles. The molecule has 6 heteroatoms. The molecule has 0 spiro atoms. The van der Waals surface area contributed by atoms with Gasteiger partial charge in [0.05, 0.1) is 12.8 Å². The smallest absolute Gasteiger partial charge is 0.290 e. The summed E-state index contributed by atoms with van der Waals surface area (Å²) in [6, 6.07) is 15.5. The van der Waals surface area contributed by atoms with Crippen LogP contribution < -0.4 is 19.5 Å². The molecule has 6 nitrogen and oxygen atoms in total. The fourth-order valence-electron chi connectivity index (χ4n) is 3.23. The van der Waals surface area contributed by atoms with Crippen molar-refractivity contribution in [1.29, 1.82) is 0 Å². The van der Waals surface area contributed by atoms with Crippen molar-refractivity contribution in [1.82, 2.24) is 0 Å². The standard InChI is InChI=1S/C22H21N3O3/c1-24(2)15-8-10-25(11-9-15)14-22(26)23-18-13-20-17(12-21(18)27-3)16-6-4-5-7-19(16)28-20/h4-13H,14H2,1-3H3/p+1. The number of amides is 1. The summed E-state index contributed by atoms with van der Waals surface area (Å²) >= 11 is 0. The minimum Gasteiger partial charge on any atom is -0.495 e. The van der Waals surface area contributed by atoms with E-state index < -0.39 is 0 Å². The zero-order valence-electron chi connectivity index (χ0n) is 16.1. The van der Waals surface area contributed by atoms with Gasteiger partial charge >= 0.3 is 0 Å². The van der Waals surface area contributed by atoms with Gasteiger partial charge in [-0.3, -0.25) is 4.79 Å². The predicted octanol–water partition coefficient (Wildman–Crippen LogP) is 3.59. The highest BCUT2D eigenvalue weighted by Gasteiger charge is 2.16. The van der Waals surface area contributed by atoms with Crippen molar-refractivity contribution in [3.63, 3.8) is 0 Å². The largest absolute Gasteiger partial charge is 0.495 e. The van der Waals surface area contributed by atoms with Crippen LogP contribution in [-0.4, -0.2) is 27.1 Å². The Bertz CT molecular complexity index is 1150. The number of hydrogen-bond acceptors (Lipinski definition) is 4. The van der Waals surface area contributed by atoms with E-state index >= 15 is 0 Å². The van der Waals surface area contributed by atoms with Crippen molar-refractivity contribution in [2.45, 2.75) is 6.54 Å². The first kappa shape index (κ1) is 17.9. The third-order valence-corrected chi connectivity index (χ3v) is 4.69. The maximum atomic E-state index is 12.5. The van der Waals surface area contributed by atoms with Crippen LogP contribution in [0.1, 0.15) is 0 Å². The molecule has 2 aromatic carbocycles. The molecular weight excluding hydrogens is 354 g/mol. The molecule has 1 amide bonds. The van der Waals surface area contributed by atoms with Gasteiger partial charge in [-0.25, -0.2) is 0 Å². The number of aromatic nitrogens is 1. The number of anilines is 2. The quantitative estimate of drug-likeness (QED) is 0.541. The molecule has 142 valence electrons. The van der Waals surface area contributed by atoms with Crippen LogP contribution in [0.15, 0.2) is 65.3 Å². The summed E-state index contributed by atoms with van der Waals surface area (Å²) in [5, 5.41) is 4.90. The molecule has 0 atom stereocenters. The number of nitrogens with zero attached hydrogens (tertiary/aromatic N) is 2. The average Bonchev–Trinajstić information content (AvgIpc) is 3.05. The lowest BCUT2D eigenvalue weighted by molar-refractivity contribution is -0.684. The molecule has 4 aromatic rings. The van der Waals surface area contributed by atoms with Gasteiger partial charge in [0.1, 0.15) is 16.9 Å². The second-order valence-corrected chi connectivity index (χ2v) is 6.82. The Morgan fingerprint density at radius 2 is 1.82 bits per heavy atom. The van der Waals surface area contributed by atoms with E-state index in [0.717, 1.165) is 22.0 Å². The lowest BCUT2D eigenvalue weighted by Crippen LogP contribution is -2.39. The summed E-state index contributed by atoms with van der Waals surface area (Å²) in [5.41, 5.74) is 3.18. The average molecular weight is 376 g/mol. The summed E-state index contributed by atoms with van der Waals surface area (Å²) < 4.78 is 13.2. The van der Waals surface area contributed by atoms with Gasteiger partial charge in [-0.05, 0) is 12.1 Å². The Kier molecular flexibility index (Phi) is 4.61. The van der Waals surface area contributed by atoms with E-state index in [1.807, 2.05) is 84.5 Å². The van der Waals surface area contributed by atoms with Gasteiger partial charge in [0.2, 0.25) is 6.54 Å². The van der Waals surface area contributed by atoms with Crippen LogP contribution in [0.2, 0.25) is 0 Å². The Balaban J connectivity index is 1.59. The number of methoxy groups -OCH3 is 1. The number of rotatable bonds is 5. The maximum Gasteiger partial charge on any atom is 0.290 e. The number of carbonyl (C=O) groups excluding carboxylic acids is 1. The van der Waals surface area contributed by atoms with E-state index in [-0.39, 0.29) is 12.5 Å². The third kappa shape index (κ3) is 3.36. The Morgan fingerprint density at radius 3 is 2.54 bits per heavy atom. The normalized spacial score (nSPS) is 11.0. The molecule has 0 radical (unpaired) electrons. The van der Waals surface area contributed by atoms with Crippen molar-refractivity contribution in [2.75, 3.05) is 31.4 Å². The number of furan rings is 1. The number of para-hydroxylation sites is 1. The zero-order chi connectivity index (χ0) is 19.7. The second-order valence-electron chi connectivity index (χ2n) is 6.82. The molecule has 2 aromatic heterocycles. The summed E-state index contributed by atoms with van der Waals surface area (Å²) in [6.45, 7) is 0.203. The van der Waals surface area contributed by atoms with Crippen molar-refractivity contribution < 1.29 is 18.5 Å². The summed E-state index contributed by atoms with van der Waals surface area (Å²) in [6.07, 6.45) is 3.77. The Morgan fingerprint density at radius 1 is 1.07 bits per heavy atom. The molecule has 0 saturated heterocycles. The fourth-order valence-corrected chi connectivity index (χ4v) is 3.23. The first-order valence-corrected chi connectivity index (χ1v) is 9.01. The molecular formula is C22H22N3O3+. The molecule has 0 aliphatic carbocycles. The van der Waals surface area contributed by atoms with E-state index in [2.05, 4.69) is 5.32 Å². The van der Waals surface area contributed by atoms with Crippen LogP contribution >= 0.6 is 0 Å². The molecule has 28 heavy (non-hydrogen) atoms. The van der Waals surface area contributed by atoms with E-state index in [1.54, 1.807) is 7.11 Å². The van der Waals surface area contributed by atoms with Gasteiger partial charge in [0.15, 0.2) is 12.4 Å². The predicted molar refractivity (Wildman–Crippen MR) is 110 cm³/mol. The Hall–Kier alpha value is -3.54. The molecule has 0 bridgehead atoms. The van der Waals surface area contributed by atoms with Crippen LogP contribution in [0.3, 0.4) is 0 Å². The number of hydrogen-bond donors (Lipinski definition) is 1. The third-order valence-electron chi connectivity index (χ3n) is 4.69. The summed E-state index contributed by atoms with van der Waals surface area (Å²) in [4.78, 5) is 14.6. The number of ether oxygens (including phenoxy) is 1. The lowest BCUT2D eigenvalue weighted by atomic mass is 10.1. The molecule has 0 aliphatic rings. The van der Waals surface area contributed by atoms with Crippen molar-refractivity contribution >= 4 is 39.2 Å². The van der Waals surface area contributed by atoms with Crippen LogP contribution in [0, 0.1) is 0 Å². The number of pyridine rings is 1. The fraction of sp³-hybridized carbons (Fsp3) is 0.182. The summed E-state index contributed by atoms with van der Waals surface area (Å²) in [5.74, 6) is 0.455. The minimum absolute atomic E-state index is 0.142. The van der Waals surface area contributed by atoms with Crippen LogP contribution in [0.5, 0.6) is 5.75 Å². The highest BCUT2D eigenvalue weighted by molar-refractivity contribution is 6.07. The maximum absolute atomic E-state index is 12.5. The molecule has 0 aliphatic heterocycles. The van der Waals surface area contributed by atoms with Crippen molar-refractivity contribution in [3.05, 3.63) is 60.9 Å². The number of benzene rings is 2. The first-order chi connectivity index (χ1) is 13.5.